The summed E-state index contributed by atoms with van der Waals surface area (Å²) in [7, 11) is 12.0. The van der Waals surface area contributed by atoms with Crippen LogP contribution in [0.5, 0.6) is 0 Å². The van der Waals surface area contributed by atoms with Crippen molar-refractivity contribution in [3.05, 3.63) is 71.8 Å². The maximum absolute atomic E-state index is 15.1. The van der Waals surface area contributed by atoms with Crippen LogP contribution in [0.1, 0.15) is 131 Å². The summed E-state index contributed by atoms with van der Waals surface area (Å²) in [5.74, 6) is -7.38. The minimum atomic E-state index is -1.21. The van der Waals surface area contributed by atoms with E-state index in [0.29, 0.717) is 47.7 Å². The second-order valence-corrected chi connectivity index (χ2v) is 28.2. The van der Waals surface area contributed by atoms with Crippen LogP contribution in [0, 0.1) is 23.7 Å². The first kappa shape index (κ1) is 77.9. The normalized spacial score (nSPS) is 25.4. The van der Waals surface area contributed by atoms with E-state index in [2.05, 4.69) is 42.5 Å². The van der Waals surface area contributed by atoms with Gasteiger partial charge in [-0.2, -0.15) is 0 Å². The molecule has 0 radical (unpaired) electrons. The summed E-state index contributed by atoms with van der Waals surface area (Å²) in [6.07, 6.45) is 3.14. The number of hydrogen-bond donors (Lipinski definition) is 8. The molecule has 0 aliphatic carbocycles. The Kier molecular flexibility index (Phi) is 31.2. The first-order valence-corrected chi connectivity index (χ1v) is 32.0. The second kappa shape index (κ2) is 36.0. The van der Waals surface area contributed by atoms with Gasteiger partial charge in [-0.15, -0.1) is 0 Å². The van der Waals surface area contributed by atoms with Crippen LogP contribution in [0.15, 0.2) is 60.7 Å². The Labute approximate surface area is 547 Å². The number of hydrogen-bond acceptors (Lipinski definition) is 10. The largest absolute Gasteiger partial charge is 1.00 e. The van der Waals surface area contributed by atoms with Crippen LogP contribution in [0.4, 0.5) is 0 Å². The zero-order valence-corrected chi connectivity index (χ0v) is 57.3. The number of nitrogens with zero attached hydrogens (tertiary/aromatic N) is 4. The average molecular weight is 1300 g/mol. The fraction of sp³-hybridized carbons (Fsp3) is 0.667. The van der Waals surface area contributed by atoms with Gasteiger partial charge in [-0.3, -0.25) is 47.9 Å². The van der Waals surface area contributed by atoms with E-state index in [1.807, 2.05) is 131 Å². The quantitative estimate of drug-likeness (QED) is 0.0691. The van der Waals surface area contributed by atoms with Crippen molar-refractivity contribution in [2.45, 2.75) is 193 Å². The number of halogens is 2. The van der Waals surface area contributed by atoms with Crippen molar-refractivity contribution in [3.8, 4) is 0 Å². The van der Waals surface area contributed by atoms with Gasteiger partial charge in [0.1, 0.15) is 60.4 Å². The van der Waals surface area contributed by atoms with E-state index in [9.17, 15) is 38.4 Å². The standard InChI is InChI=1S/C66H104N12O10.2ClH/c1-41(2)37-49-59(81)71-51(39-45-25-17-15-18-26-45)65(87)75-33-21-31-53(75)61(83)74-56(44(7)8)64(86)68-48(30-24-36-78(12,13)14)58(80)70-50(38-42(3)4)60(82)72-52(40-46-27-19-16-20-28-46)66(88)76-34-22-32-54(76)62(84)73-55(43(5)6)63(85)67-47(57(79)69-49)29-23-35-77(9,10)11;;/h15-20,25-28,41-44,47-56H,21-24,29-40H2,1-14H3,(H6-2,67,68,69,70,71,72,73,74,79,80,81,82,83,84,85,86);2*1H/t47-,48-,49+,50+,51-,52+,53+,54+,55+,56+;;/m1../s1. The lowest BCUT2D eigenvalue weighted by molar-refractivity contribution is -0.870. The Balaban J connectivity index is 0.0000106. The molecular weight excluding hydrogens is 1190 g/mol. The minimum Gasteiger partial charge on any atom is -1.00 e. The number of amides is 10. The lowest BCUT2D eigenvalue weighted by atomic mass is 9.98. The number of benzene rings is 2. The topological polar surface area (TPSA) is 273 Å². The average Bonchev–Trinajstić information content (AvgIpc) is 2.79. The van der Waals surface area contributed by atoms with Gasteiger partial charge in [0.05, 0.1) is 55.4 Å². The molecule has 2 aromatic rings. The number of carbonyl (C=O) groups is 10. The van der Waals surface area contributed by atoms with Gasteiger partial charge in [0, 0.05) is 25.9 Å². The molecule has 0 unspecified atom stereocenters. The molecule has 8 N–H and O–H groups in total. The molecule has 504 valence electrons. The minimum absolute atomic E-state index is 0. The van der Waals surface area contributed by atoms with E-state index >= 15 is 9.59 Å². The molecule has 10 amide bonds. The van der Waals surface area contributed by atoms with Crippen LogP contribution in [-0.2, 0) is 60.8 Å². The molecule has 5 rings (SSSR count). The SMILES string of the molecule is CC(C)C[C@@H]1NC(=O)[C@@H](CCC[N+](C)(C)C)NC(=O)[C@H](C(C)C)NC(=O)[C@@H]2CCCN2C(=O)[C@H](Cc2ccccc2)NC(=O)[C@H](CC(C)C)NC(=O)[C@@H](CCC[N+](C)(C)C)NC(=O)[C@H](C(C)C)NC(=O)[C@@H]2CCCN2C(=O)[C@@H](Cc2ccccc2)NC1=O.[Cl-].[Cl-]. The third-order valence-electron chi connectivity index (χ3n) is 16.6. The number of carbonyl (C=O) groups excluding carboxylic acids is 10. The molecule has 0 saturated carbocycles. The maximum atomic E-state index is 15.1. The highest BCUT2D eigenvalue weighted by atomic mass is 35.5. The van der Waals surface area contributed by atoms with Crippen molar-refractivity contribution in [1.29, 1.82) is 0 Å². The van der Waals surface area contributed by atoms with Crippen LogP contribution in [0.25, 0.3) is 0 Å². The van der Waals surface area contributed by atoms with Crippen LogP contribution in [0.2, 0.25) is 0 Å². The Bertz CT molecular complexity index is 2530. The summed E-state index contributed by atoms with van der Waals surface area (Å²) < 4.78 is 1.13. The van der Waals surface area contributed by atoms with Gasteiger partial charge in [-0.1, -0.05) is 116 Å². The van der Waals surface area contributed by atoms with Crippen LogP contribution in [0.3, 0.4) is 0 Å². The summed E-state index contributed by atoms with van der Waals surface area (Å²) in [4.78, 5) is 151. The van der Waals surface area contributed by atoms with Crippen LogP contribution >= 0.6 is 0 Å². The lowest BCUT2D eigenvalue weighted by Crippen LogP contribution is -3.00. The molecule has 22 nitrogen and oxygen atoms in total. The molecule has 90 heavy (non-hydrogen) atoms. The number of rotatable bonds is 18. The lowest BCUT2D eigenvalue weighted by Gasteiger charge is -2.33. The van der Waals surface area contributed by atoms with Gasteiger partial charge in [-0.25, -0.2) is 0 Å². The van der Waals surface area contributed by atoms with E-state index in [1.165, 1.54) is 9.80 Å². The van der Waals surface area contributed by atoms with Crippen molar-refractivity contribution in [2.24, 2.45) is 23.7 Å². The van der Waals surface area contributed by atoms with Gasteiger partial charge in [0.2, 0.25) is 59.1 Å². The molecule has 0 aromatic heterocycles. The summed E-state index contributed by atoms with van der Waals surface area (Å²) in [6, 6.07) is 6.70. The molecule has 10 atom stereocenters. The Hall–Kier alpha value is -6.36. The summed E-state index contributed by atoms with van der Waals surface area (Å²) in [6.45, 7) is 16.2. The predicted octanol–water partition coefficient (Wildman–Crippen LogP) is -3.27. The third-order valence-corrected chi connectivity index (χ3v) is 16.6. The maximum Gasteiger partial charge on any atom is 0.246 e. The van der Waals surface area contributed by atoms with Crippen LogP contribution in [-0.4, -0.2) is 207 Å². The molecule has 3 heterocycles. The predicted molar refractivity (Wildman–Crippen MR) is 338 cm³/mol. The summed E-state index contributed by atoms with van der Waals surface area (Å²) in [5.41, 5.74) is 1.45. The first-order valence-electron chi connectivity index (χ1n) is 32.0. The van der Waals surface area contributed by atoms with Gasteiger partial charge >= 0.3 is 0 Å². The van der Waals surface area contributed by atoms with E-state index in [-0.39, 0.29) is 101 Å². The molecule has 3 aliphatic heterocycles. The Morgan fingerprint density at radius 2 is 0.700 bits per heavy atom. The monoisotopic (exact) mass is 1300 g/mol. The van der Waals surface area contributed by atoms with E-state index in [1.54, 1.807) is 27.7 Å². The fourth-order valence-corrected chi connectivity index (χ4v) is 11.8. The highest BCUT2D eigenvalue weighted by Crippen LogP contribution is 2.24. The van der Waals surface area contributed by atoms with Crippen molar-refractivity contribution in [3.63, 3.8) is 0 Å². The van der Waals surface area contributed by atoms with Crippen molar-refractivity contribution in [1.82, 2.24) is 52.3 Å². The molecule has 3 fully saturated rings. The molecule has 24 heteroatoms. The molecule has 0 spiro atoms. The molecule has 3 aliphatic rings. The Morgan fingerprint density at radius 3 is 1.00 bits per heavy atom. The third kappa shape index (κ3) is 24.4. The van der Waals surface area contributed by atoms with E-state index < -0.39 is 131 Å². The van der Waals surface area contributed by atoms with E-state index in [4.69, 9.17) is 0 Å². The fourth-order valence-electron chi connectivity index (χ4n) is 11.8. The first-order chi connectivity index (χ1) is 41.3. The number of nitrogens with one attached hydrogen (secondary N) is 8. The zero-order valence-electron chi connectivity index (χ0n) is 55.8. The summed E-state index contributed by atoms with van der Waals surface area (Å²) in [5, 5.41) is 23.5. The van der Waals surface area contributed by atoms with Gasteiger partial charge in [0.15, 0.2) is 0 Å². The van der Waals surface area contributed by atoms with Gasteiger partial charge in [0.25, 0.3) is 0 Å². The second-order valence-electron chi connectivity index (χ2n) is 28.2. The van der Waals surface area contributed by atoms with Crippen LogP contribution < -0.4 is 67.3 Å². The summed E-state index contributed by atoms with van der Waals surface area (Å²) >= 11 is 0. The van der Waals surface area contributed by atoms with Gasteiger partial charge in [-0.05, 0) is 99.0 Å². The van der Waals surface area contributed by atoms with Crippen molar-refractivity contribution in [2.75, 3.05) is 68.5 Å². The molecule has 2 aromatic carbocycles. The highest BCUT2D eigenvalue weighted by Gasteiger charge is 2.43. The number of quaternary nitrogens is 2. The van der Waals surface area contributed by atoms with E-state index in [0.717, 1.165) is 11.1 Å². The number of fused-ring (bicyclic) bond motifs is 2. The molecular formula is C66H106Cl2N12O10. The van der Waals surface area contributed by atoms with Crippen molar-refractivity contribution < 1.29 is 81.7 Å². The molecule has 3 saturated heterocycles. The zero-order chi connectivity index (χ0) is 65.2. The molecule has 0 bridgehead atoms. The Morgan fingerprint density at radius 1 is 0.400 bits per heavy atom. The highest BCUT2D eigenvalue weighted by molar-refractivity contribution is 6.00. The van der Waals surface area contributed by atoms with Gasteiger partial charge < -0.3 is 86.1 Å². The van der Waals surface area contributed by atoms with Crippen molar-refractivity contribution >= 4 is 59.1 Å². The smallest absolute Gasteiger partial charge is 0.246 e.